The molecule has 0 radical (unpaired) electrons. The van der Waals surface area contributed by atoms with Crippen molar-refractivity contribution in [1.82, 2.24) is 14.5 Å². The van der Waals surface area contributed by atoms with Crippen molar-refractivity contribution in [2.75, 3.05) is 51.6 Å². The lowest BCUT2D eigenvalue weighted by Gasteiger charge is -2.36. The largest absolute Gasteiger partial charge is 0.467 e. The summed E-state index contributed by atoms with van der Waals surface area (Å²) in [4.78, 5) is 6.49. The van der Waals surface area contributed by atoms with Crippen LogP contribution in [0.5, 0.6) is 0 Å². The predicted octanol–water partition coefficient (Wildman–Crippen LogP) is 0.651. The molecule has 0 saturated carbocycles. The molecule has 0 bridgehead atoms. The monoisotopic (exact) mass is 416 g/mol. The van der Waals surface area contributed by atoms with Crippen molar-refractivity contribution in [3.63, 3.8) is 0 Å². The topological polar surface area (TPSA) is 108 Å². The molecule has 160 valence electrons. The lowest BCUT2D eigenvalue weighted by Crippen LogP contribution is -2.54. The number of aliphatic imine (C=N–C) groups is 1. The van der Waals surface area contributed by atoms with Crippen LogP contribution in [0, 0.1) is 0 Å². The first-order valence-corrected chi connectivity index (χ1v) is 11.3. The molecular weight excluding hydrogens is 384 g/mol. The number of guanidine groups is 1. The third kappa shape index (κ3) is 6.77. The van der Waals surface area contributed by atoms with Gasteiger partial charge in [-0.05, 0) is 32.9 Å². The zero-order valence-electron chi connectivity index (χ0n) is 16.9. The summed E-state index contributed by atoms with van der Waals surface area (Å²) in [5.74, 6) is 1.13. The van der Waals surface area contributed by atoms with Crippen LogP contribution in [0.1, 0.15) is 32.6 Å². The number of sulfonamides is 1. The van der Waals surface area contributed by atoms with E-state index in [2.05, 4.69) is 10.3 Å². The summed E-state index contributed by atoms with van der Waals surface area (Å²) in [6.07, 6.45) is 0.716. The highest BCUT2D eigenvalue weighted by atomic mass is 32.2. The van der Waals surface area contributed by atoms with Crippen LogP contribution < -0.4 is 5.32 Å². The number of ether oxygens (including phenoxy) is 1. The van der Waals surface area contributed by atoms with Gasteiger partial charge in [-0.25, -0.2) is 13.4 Å². The van der Waals surface area contributed by atoms with Crippen molar-refractivity contribution in [2.24, 2.45) is 4.99 Å². The molecule has 28 heavy (non-hydrogen) atoms. The Morgan fingerprint density at radius 1 is 1.36 bits per heavy atom. The number of nitrogens with zero attached hydrogens (tertiary/aromatic N) is 3. The molecule has 0 amide bonds. The number of furan rings is 1. The van der Waals surface area contributed by atoms with E-state index < -0.39 is 16.1 Å². The molecule has 1 aromatic rings. The fourth-order valence-electron chi connectivity index (χ4n) is 2.87. The van der Waals surface area contributed by atoms with Gasteiger partial charge in [-0.2, -0.15) is 4.31 Å². The van der Waals surface area contributed by atoms with Crippen LogP contribution in [0.15, 0.2) is 27.8 Å². The van der Waals surface area contributed by atoms with Gasteiger partial charge < -0.3 is 24.5 Å². The SMILES string of the molecule is CCNC(=NCC(O)c1ccco1)N1CCN(S(=O)(=O)CCOC(C)C)CC1. The van der Waals surface area contributed by atoms with Gasteiger partial charge in [0.25, 0.3) is 0 Å². The molecule has 1 fully saturated rings. The lowest BCUT2D eigenvalue weighted by atomic mass is 10.3. The normalized spacial score (nSPS) is 17.9. The van der Waals surface area contributed by atoms with E-state index in [1.165, 1.54) is 10.6 Å². The lowest BCUT2D eigenvalue weighted by molar-refractivity contribution is 0.0904. The van der Waals surface area contributed by atoms with Crippen LogP contribution in [0.3, 0.4) is 0 Å². The van der Waals surface area contributed by atoms with Gasteiger partial charge in [0.2, 0.25) is 10.0 Å². The molecule has 1 unspecified atom stereocenters. The molecular formula is C18H32N4O5S. The first kappa shape index (κ1) is 22.7. The third-order valence-corrected chi connectivity index (χ3v) is 6.18. The van der Waals surface area contributed by atoms with Crippen LogP contribution in [0.25, 0.3) is 0 Å². The number of nitrogens with one attached hydrogen (secondary N) is 1. The summed E-state index contributed by atoms with van der Waals surface area (Å²) in [7, 11) is -3.33. The highest BCUT2D eigenvalue weighted by molar-refractivity contribution is 7.89. The van der Waals surface area contributed by atoms with E-state index in [1.807, 2.05) is 25.7 Å². The molecule has 2 rings (SSSR count). The molecule has 2 N–H and O–H groups in total. The number of rotatable bonds is 9. The average Bonchev–Trinajstić information content (AvgIpc) is 3.19. The molecule has 0 aromatic carbocycles. The summed E-state index contributed by atoms with van der Waals surface area (Å²) in [5.41, 5.74) is 0. The number of aliphatic hydroxyl groups is 1. The minimum absolute atomic E-state index is 0.00528. The van der Waals surface area contributed by atoms with Crippen molar-refractivity contribution in [3.05, 3.63) is 24.2 Å². The summed E-state index contributed by atoms with van der Waals surface area (Å²) in [6, 6.07) is 3.43. The Morgan fingerprint density at radius 2 is 2.07 bits per heavy atom. The van der Waals surface area contributed by atoms with E-state index in [0.29, 0.717) is 44.4 Å². The minimum Gasteiger partial charge on any atom is -0.467 e. The van der Waals surface area contributed by atoms with E-state index in [-0.39, 0.29) is 25.0 Å². The highest BCUT2D eigenvalue weighted by Crippen LogP contribution is 2.14. The molecule has 1 aliphatic rings. The number of aliphatic hydroxyl groups excluding tert-OH is 1. The Kier molecular flexibility index (Phi) is 8.74. The molecule has 0 aliphatic carbocycles. The van der Waals surface area contributed by atoms with Gasteiger partial charge in [-0.3, -0.25) is 0 Å². The van der Waals surface area contributed by atoms with Crippen molar-refractivity contribution in [3.8, 4) is 0 Å². The van der Waals surface area contributed by atoms with Crippen molar-refractivity contribution in [2.45, 2.75) is 33.0 Å². The van der Waals surface area contributed by atoms with Gasteiger partial charge in [0.1, 0.15) is 11.9 Å². The molecule has 1 aliphatic heterocycles. The average molecular weight is 417 g/mol. The van der Waals surface area contributed by atoms with Gasteiger partial charge in [0.05, 0.1) is 31.3 Å². The molecule has 2 heterocycles. The first-order valence-electron chi connectivity index (χ1n) is 9.67. The van der Waals surface area contributed by atoms with E-state index >= 15 is 0 Å². The molecule has 0 spiro atoms. The molecule has 1 saturated heterocycles. The zero-order valence-corrected chi connectivity index (χ0v) is 17.7. The zero-order chi connectivity index (χ0) is 20.6. The van der Waals surface area contributed by atoms with Gasteiger partial charge >= 0.3 is 0 Å². The van der Waals surface area contributed by atoms with Gasteiger partial charge in [0, 0.05) is 32.7 Å². The van der Waals surface area contributed by atoms with E-state index in [0.717, 1.165) is 0 Å². The Labute approximate surface area is 167 Å². The second-order valence-corrected chi connectivity index (χ2v) is 8.94. The van der Waals surface area contributed by atoms with E-state index in [4.69, 9.17) is 9.15 Å². The smallest absolute Gasteiger partial charge is 0.216 e. The van der Waals surface area contributed by atoms with E-state index in [9.17, 15) is 13.5 Å². The fraction of sp³-hybridized carbons (Fsp3) is 0.722. The van der Waals surface area contributed by atoms with Crippen LogP contribution in [0.4, 0.5) is 0 Å². The maximum Gasteiger partial charge on any atom is 0.216 e. The Hall–Kier alpha value is -1.62. The second kappa shape index (κ2) is 10.8. The van der Waals surface area contributed by atoms with Crippen LogP contribution in [-0.4, -0.2) is 86.4 Å². The fourth-order valence-corrected chi connectivity index (χ4v) is 4.15. The number of hydrogen-bond donors (Lipinski definition) is 2. The van der Waals surface area contributed by atoms with Crippen molar-refractivity contribution in [1.29, 1.82) is 0 Å². The summed E-state index contributed by atoms with van der Waals surface area (Å²) in [5, 5.41) is 13.3. The predicted molar refractivity (Wildman–Crippen MR) is 108 cm³/mol. The van der Waals surface area contributed by atoms with Crippen LogP contribution >= 0.6 is 0 Å². The molecule has 9 nitrogen and oxygen atoms in total. The summed E-state index contributed by atoms with van der Waals surface area (Å²) < 4.78 is 37.0. The second-order valence-electron chi connectivity index (χ2n) is 6.85. The Bertz CT molecular complexity index is 698. The maximum absolute atomic E-state index is 12.5. The standard InChI is InChI=1S/C18H32N4O5S/c1-4-19-18(20-14-16(23)17-6-5-11-27-17)21-7-9-22(10-8-21)28(24,25)13-12-26-15(2)3/h5-6,11,15-16,23H,4,7-10,12-14H2,1-3H3,(H,19,20). The Morgan fingerprint density at radius 3 is 2.64 bits per heavy atom. The highest BCUT2D eigenvalue weighted by Gasteiger charge is 2.28. The first-order chi connectivity index (χ1) is 13.3. The van der Waals surface area contributed by atoms with Gasteiger partial charge in [-0.15, -0.1) is 0 Å². The van der Waals surface area contributed by atoms with E-state index in [1.54, 1.807) is 12.1 Å². The third-order valence-electron chi connectivity index (χ3n) is 4.34. The minimum atomic E-state index is -3.33. The van der Waals surface area contributed by atoms with Crippen molar-refractivity contribution < 1.29 is 22.7 Å². The van der Waals surface area contributed by atoms with Crippen LogP contribution in [-0.2, 0) is 14.8 Å². The molecule has 10 heteroatoms. The van der Waals surface area contributed by atoms with Gasteiger partial charge in [-0.1, -0.05) is 0 Å². The number of hydrogen-bond acceptors (Lipinski definition) is 6. The van der Waals surface area contributed by atoms with Gasteiger partial charge in [0.15, 0.2) is 5.96 Å². The summed E-state index contributed by atoms with van der Waals surface area (Å²) in [6.45, 7) is 8.65. The van der Waals surface area contributed by atoms with Crippen LogP contribution in [0.2, 0.25) is 0 Å². The number of piperazine rings is 1. The summed E-state index contributed by atoms with van der Waals surface area (Å²) >= 11 is 0. The quantitative estimate of drug-likeness (QED) is 0.449. The maximum atomic E-state index is 12.5. The molecule has 1 atom stereocenters. The van der Waals surface area contributed by atoms with Crippen molar-refractivity contribution >= 4 is 16.0 Å². The Balaban J connectivity index is 1.90. The molecule has 1 aromatic heterocycles.